The van der Waals surface area contributed by atoms with Gasteiger partial charge in [-0.25, -0.2) is 0 Å². The Morgan fingerprint density at radius 2 is 2.19 bits per heavy atom. The monoisotopic (exact) mass is 346 g/mol. The fourth-order valence-electron chi connectivity index (χ4n) is 1.86. The van der Waals surface area contributed by atoms with Crippen LogP contribution in [-0.2, 0) is 4.79 Å². The number of benzene rings is 1. The van der Waals surface area contributed by atoms with E-state index < -0.39 is 0 Å². The molecule has 0 aromatic heterocycles. The number of rotatable bonds is 1. The normalized spacial score (nSPS) is 20.6. The Bertz CT molecular complexity index is 448. The highest BCUT2D eigenvalue weighted by Crippen LogP contribution is 2.34. The van der Waals surface area contributed by atoms with Crippen LogP contribution in [0.25, 0.3) is 0 Å². The predicted molar refractivity (Wildman–Crippen MR) is 73.0 cm³/mol. The lowest BCUT2D eigenvalue weighted by Gasteiger charge is -2.19. The number of aryl methyl sites for hydroxylation is 1. The summed E-state index contributed by atoms with van der Waals surface area (Å²) in [7, 11) is 0. The minimum atomic E-state index is 0.117. The fraction of sp³-hybridized carbons (Fsp3) is 0.364. The predicted octanol–water partition coefficient (Wildman–Crippen LogP) is 2.84. The highest BCUT2D eigenvalue weighted by molar-refractivity contribution is 9.10. The molecule has 5 heteroatoms. The molecule has 2 rings (SSSR count). The van der Waals surface area contributed by atoms with Gasteiger partial charge in [0.25, 0.3) is 0 Å². The van der Waals surface area contributed by atoms with E-state index in [-0.39, 0.29) is 10.7 Å². The highest BCUT2D eigenvalue weighted by atomic mass is 79.9. The van der Waals surface area contributed by atoms with E-state index in [0.29, 0.717) is 18.7 Å². The number of alkyl halides is 1. The van der Waals surface area contributed by atoms with Gasteiger partial charge in [0.15, 0.2) is 0 Å². The maximum absolute atomic E-state index is 11.8. The summed E-state index contributed by atoms with van der Waals surface area (Å²) in [5, 5.41) is 0. The quantitative estimate of drug-likeness (QED) is 0.627. The highest BCUT2D eigenvalue weighted by Gasteiger charge is 2.30. The summed E-state index contributed by atoms with van der Waals surface area (Å²) in [6.07, 6.45) is 0.533. The van der Waals surface area contributed by atoms with Crippen LogP contribution in [0, 0.1) is 6.92 Å². The van der Waals surface area contributed by atoms with Crippen molar-refractivity contribution in [1.29, 1.82) is 0 Å². The molecule has 1 aromatic carbocycles. The average Bonchev–Trinajstić information content (AvgIpc) is 2.51. The van der Waals surface area contributed by atoms with Crippen molar-refractivity contribution in [2.75, 3.05) is 17.2 Å². The van der Waals surface area contributed by atoms with Crippen LogP contribution < -0.4 is 10.6 Å². The van der Waals surface area contributed by atoms with Crippen LogP contribution in [0.5, 0.6) is 0 Å². The summed E-state index contributed by atoms with van der Waals surface area (Å²) in [4.78, 5) is 13.7. The Morgan fingerprint density at radius 3 is 2.75 bits per heavy atom. The summed E-state index contributed by atoms with van der Waals surface area (Å²) < 4.78 is 0.944. The first-order chi connectivity index (χ1) is 7.49. The number of amides is 1. The van der Waals surface area contributed by atoms with E-state index in [4.69, 9.17) is 5.73 Å². The topological polar surface area (TPSA) is 46.3 Å². The molecular formula is C11H12Br2N2O. The second-order valence-electron chi connectivity index (χ2n) is 3.96. The molecule has 1 atom stereocenters. The molecule has 86 valence electrons. The number of hydrogen-bond acceptors (Lipinski definition) is 2. The lowest BCUT2D eigenvalue weighted by molar-refractivity contribution is -0.117. The Balaban J connectivity index is 2.44. The molecule has 0 spiro atoms. The second-order valence-corrected chi connectivity index (χ2v) is 6.17. The smallest absolute Gasteiger partial charge is 0.228 e. The number of carbonyl (C=O) groups is 1. The van der Waals surface area contributed by atoms with Crippen molar-refractivity contribution >= 4 is 49.1 Å². The number of nitrogens with two attached hydrogens (primary N) is 1. The van der Waals surface area contributed by atoms with Crippen LogP contribution in [0.3, 0.4) is 0 Å². The van der Waals surface area contributed by atoms with Crippen LogP contribution in [0.15, 0.2) is 16.6 Å². The summed E-state index contributed by atoms with van der Waals surface area (Å²) >= 11 is 6.89. The Morgan fingerprint density at radius 1 is 1.50 bits per heavy atom. The van der Waals surface area contributed by atoms with Gasteiger partial charge in [-0.3, -0.25) is 4.79 Å². The first-order valence-corrected chi connectivity index (χ1v) is 6.70. The molecule has 1 amide bonds. The molecule has 3 nitrogen and oxygen atoms in total. The minimum absolute atomic E-state index is 0.117. The third-order valence-electron chi connectivity index (χ3n) is 2.70. The third-order valence-corrected chi connectivity index (χ3v) is 3.77. The summed E-state index contributed by atoms with van der Waals surface area (Å²) in [5.41, 5.74) is 8.47. The molecule has 0 saturated carbocycles. The van der Waals surface area contributed by atoms with E-state index in [0.717, 1.165) is 15.7 Å². The Hall–Kier alpha value is -0.550. The maximum Gasteiger partial charge on any atom is 0.228 e. The van der Waals surface area contributed by atoms with E-state index in [1.54, 1.807) is 4.90 Å². The number of carbonyl (C=O) groups excluding carboxylic acids is 1. The van der Waals surface area contributed by atoms with Crippen molar-refractivity contribution in [1.82, 2.24) is 0 Å². The van der Waals surface area contributed by atoms with Gasteiger partial charge in [-0.05, 0) is 24.6 Å². The Kier molecular flexibility index (Phi) is 3.26. The van der Waals surface area contributed by atoms with Crippen LogP contribution in [0.1, 0.15) is 12.0 Å². The van der Waals surface area contributed by atoms with Gasteiger partial charge >= 0.3 is 0 Å². The van der Waals surface area contributed by atoms with Gasteiger partial charge in [0.05, 0.1) is 11.4 Å². The van der Waals surface area contributed by atoms with Crippen molar-refractivity contribution < 1.29 is 4.79 Å². The standard InChI is InChI=1S/C11H12Br2N2O/c1-6-2-7(12)3-9(11(6)14)15-5-8(13)4-10(15)16/h2-3,8H,4-5,14H2,1H3. The molecule has 2 N–H and O–H groups in total. The van der Waals surface area contributed by atoms with Gasteiger partial charge in [0.1, 0.15) is 0 Å². The van der Waals surface area contributed by atoms with Gasteiger partial charge in [-0.1, -0.05) is 31.9 Å². The molecule has 0 bridgehead atoms. The fourth-order valence-corrected chi connectivity index (χ4v) is 2.98. The van der Waals surface area contributed by atoms with Gasteiger partial charge in [-0.2, -0.15) is 0 Å². The SMILES string of the molecule is Cc1cc(Br)cc(N2CC(Br)CC2=O)c1N. The molecule has 1 heterocycles. The zero-order chi connectivity index (χ0) is 11.9. The lowest BCUT2D eigenvalue weighted by atomic mass is 10.1. The van der Waals surface area contributed by atoms with Crippen molar-refractivity contribution in [2.24, 2.45) is 0 Å². The number of anilines is 2. The van der Waals surface area contributed by atoms with Crippen molar-refractivity contribution in [2.45, 2.75) is 18.2 Å². The molecule has 0 radical (unpaired) electrons. The molecule has 1 unspecified atom stereocenters. The third kappa shape index (κ3) is 2.11. The number of nitrogens with zero attached hydrogens (tertiary/aromatic N) is 1. The van der Waals surface area contributed by atoms with Crippen LogP contribution >= 0.6 is 31.9 Å². The van der Waals surface area contributed by atoms with Gasteiger partial charge in [0.2, 0.25) is 5.91 Å². The molecule has 1 saturated heterocycles. The number of halogens is 2. The van der Waals surface area contributed by atoms with Crippen molar-refractivity contribution in [3.05, 3.63) is 22.2 Å². The zero-order valence-electron chi connectivity index (χ0n) is 8.84. The van der Waals surface area contributed by atoms with E-state index in [9.17, 15) is 4.79 Å². The second kappa shape index (κ2) is 4.37. The van der Waals surface area contributed by atoms with Gasteiger partial charge in [-0.15, -0.1) is 0 Å². The largest absolute Gasteiger partial charge is 0.397 e. The lowest BCUT2D eigenvalue weighted by Crippen LogP contribution is -2.25. The van der Waals surface area contributed by atoms with E-state index in [2.05, 4.69) is 31.9 Å². The first kappa shape index (κ1) is 11.9. The summed E-state index contributed by atoms with van der Waals surface area (Å²) in [6.45, 7) is 2.62. The molecule has 0 aliphatic carbocycles. The van der Waals surface area contributed by atoms with Crippen LogP contribution in [-0.4, -0.2) is 17.3 Å². The molecule has 1 aromatic rings. The zero-order valence-corrected chi connectivity index (χ0v) is 12.0. The molecule has 16 heavy (non-hydrogen) atoms. The van der Waals surface area contributed by atoms with Crippen LogP contribution in [0.2, 0.25) is 0 Å². The molecule has 1 aliphatic rings. The van der Waals surface area contributed by atoms with E-state index in [1.165, 1.54) is 0 Å². The van der Waals surface area contributed by atoms with Gasteiger partial charge < -0.3 is 10.6 Å². The minimum Gasteiger partial charge on any atom is -0.397 e. The Labute approximate surface area is 111 Å². The average molecular weight is 348 g/mol. The number of hydrogen-bond donors (Lipinski definition) is 1. The van der Waals surface area contributed by atoms with Crippen LogP contribution in [0.4, 0.5) is 11.4 Å². The van der Waals surface area contributed by atoms with Crippen molar-refractivity contribution in [3.63, 3.8) is 0 Å². The number of nitrogen functional groups attached to an aromatic ring is 1. The molecule has 1 fully saturated rings. The first-order valence-electron chi connectivity index (χ1n) is 4.99. The summed E-state index contributed by atoms with van der Waals surface area (Å²) in [6, 6.07) is 3.84. The molecular weight excluding hydrogens is 336 g/mol. The maximum atomic E-state index is 11.8. The van der Waals surface area contributed by atoms with E-state index >= 15 is 0 Å². The van der Waals surface area contributed by atoms with Gasteiger partial charge in [0, 0.05) is 22.3 Å². The van der Waals surface area contributed by atoms with Crippen molar-refractivity contribution in [3.8, 4) is 0 Å². The summed E-state index contributed by atoms with van der Waals surface area (Å²) in [5.74, 6) is 0.117. The van der Waals surface area contributed by atoms with E-state index in [1.807, 2.05) is 19.1 Å². The molecule has 1 aliphatic heterocycles.